The van der Waals surface area contributed by atoms with Crippen molar-refractivity contribution in [3.8, 4) is 5.75 Å². The Bertz CT molecular complexity index is 322. The van der Waals surface area contributed by atoms with Gasteiger partial charge in [0.15, 0.2) is 0 Å². The lowest BCUT2D eigenvalue weighted by Crippen LogP contribution is -2.23. The number of nitrogens with one attached hydrogen (secondary N) is 2. The van der Waals surface area contributed by atoms with Gasteiger partial charge in [-0.25, -0.2) is 0 Å². The molecule has 0 amide bonds. The van der Waals surface area contributed by atoms with Gasteiger partial charge in [0.25, 0.3) is 0 Å². The Kier molecular flexibility index (Phi) is 8.07. The van der Waals surface area contributed by atoms with E-state index < -0.39 is 0 Å². The van der Waals surface area contributed by atoms with Crippen LogP contribution in [0.15, 0.2) is 24.3 Å². The Morgan fingerprint density at radius 1 is 1.05 bits per heavy atom. The summed E-state index contributed by atoms with van der Waals surface area (Å²) in [6, 6.07) is 8.19. The summed E-state index contributed by atoms with van der Waals surface area (Å²) in [6.07, 6.45) is 2.50. The fourth-order valence-corrected chi connectivity index (χ4v) is 1.65. The van der Waals surface area contributed by atoms with E-state index in [0.717, 1.165) is 37.7 Å². The summed E-state index contributed by atoms with van der Waals surface area (Å²) < 4.78 is 5.65. The third-order valence-corrected chi connectivity index (χ3v) is 2.78. The summed E-state index contributed by atoms with van der Waals surface area (Å²) >= 11 is 0. The molecule has 0 aliphatic heterocycles. The number of benzene rings is 1. The van der Waals surface area contributed by atoms with Crippen LogP contribution in [-0.2, 0) is 0 Å². The minimum Gasteiger partial charge on any atom is -0.493 e. The summed E-state index contributed by atoms with van der Waals surface area (Å²) in [5, 5.41) is 6.81. The van der Waals surface area contributed by atoms with Crippen LogP contribution in [-0.4, -0.2) is 26.2 Å². The van der Waals surface area contributed by atoms with Gasteiger partial charge >= 0.3 is 0 Å². The van der Waals surface area contributed by atoms with E-state index in [9.17, 15) is 0 Å². The molecule has 0 heterocycles. The lowest BCUT2D eigenvalue weighted by Gasteiger charge is -2.10. The average molecular weight is 264 g/mol. The summed E-state index contributed by atoms with van der Waals surface area (Å²) in [4.78, 5) is 0. The second-order valence-electron chi connectivity index (χ2n) is 5.26. The first-order valence-corrected chi connectivity index (χ1v) is 7.39. The first-order valence-electron chi connectivity index (χ1n) is 7.39. The lowest BCUT2D eigenvalue weighted by molar-refractivity contribution is 0.271. The molecule has 0 aromatic heterocycles. The van der Waals surface area contributed by atoms with Crippen molar-refractivity contribution in [2.45, 2.75) is 33.6 Å². The molecule has 0 fully saturated rings. The fourth-order valence-electron chi connectivity index (χ4n) is 1.65. The zero-order chi connectivity index (χ0) is 13.9. The SMILES string of the molecule is CCCCNCCNc1ccc(OCC(C)C)cc1. The van der Waals surface area contributed by atoms with Crippen molar-refractivity contribution < 1.29 is 4.74 Å². The second kappa shape index (κ2) is 9.68. The summed E-state index contributed by atoms with van der Waals surface area (Å²) in [7, 11) is 0. The van der Waals surface area contributed by atoms with Gasteiger partial charge in [-0.15, -0.1) is 0 Å². The highest BCUT2D eigenvalue weighted by molar-refractivity contribution is 5.46. The maximum absolute atomic E-state index is 5.65. The van der Waals surface area contributed by atoms with Gasteiger partial charge < -0.3 is 15.4 Å². The van der Waals surface area contributed by atoms with Crippen LogP contribution in [0.5, 0.6) is 5.75 Å². The number of hydrogen-bond acceptors (Lipinski definition) is 3. The summed E-state index contributed by atoms with van der Waals surface area (Å²) in [5.74, 6) is 1.51. The van der Waals surface area contributed by atoms with Gasteiger partial charge in [0.1, 0.15) is 5.75 Å². The Morgan fingerprint density at radius 3 is 2.42 bits per heavy atom. The zero-order valence-corrected chi connectivity index (χ0v) is 12.5. The van der Waals surface area contributed by atoms with Crippen molar-refractivity contribution in [1.29, 1.82) is 0 Å². The average Bonchev–Trinajstić information content (AvgIpc) is 2.41. The van der Waals surface area contributed by atoms with E-state index in [0.29, 0.717) is 5.92 Å². The molecular weight excluding hydrogens is 236 g/mol. The third kappa shape index (κ3) is 7.73. The highest BCUT2D eigenvalue weighted by Gasteiger charge is 1.97. The topological polar surface area (TPSA) is 33.3 Å². The molecule has 0 bridgehead atoms. The van der Waals surface area contributed by atoms with E-state index in [1.54, 1.807) is 0 Å². The smallest absolute Gasteiger partial charge is 0.119 e. The van der Waals surface area contributed by atoms with Crippen molar-refractivity contribution in [1.82, 2.24) is 5.32 Å². The third-order valence-electron chi connectivity index (χ3n) is 2.78. The van der Waals surface area contributed by atoms with Gasteiger partial charge in [0.2, 0.25) is 0 Å². The highest BCUT2D eigenvalue weighted by atomic mass is 16.5. The van der Waals surface area contributed by atoms with E-state index >= 15 is 0 Å². The van der Waals surface area contributed by atoms with Crippen molar-refractivity contribution in [3.63, 3.8) is 0 Å². The lowest BCUT2D eigenvalue weighted by atomic mass is 10.2. The van der Waals surface area contributed by atoms with Gasteiger partial charge in [-0.05, 0) is 43.1 Å². The first-order chi connectivity index (χ1) is 9.22. The molecule has 0 unspecified atom stereocenters. The van der Waals surface area contributed by atoms with Crippen LogP contribution in [0.25, 0.3) is 0 Å². The van der Waals surface area contributed by atoms with Gasteiger partial charge in [-0.1, -0.05) is 27.2 Å². The van der Waals surface area contributed by atoms with Crippen molar-refractivity contribution in [3.05, 3.63) is 24.3 Å². The van der Waals surface area contributed by atoms with E-state index in [-0.39, 0.29) is 0 Å². The summed E-state index contributed by atoms with van der Waals surface area (Å²) in [6.45, 7) is 10.4. The van der Waals surface area contributed by atoms with Crippen LogP contribution in [0.3, 0.4) is 0 Å². The monoisotopic (exact) mass is 264 g/mol. The normalized spacial score (nSPS) is 10.7. The van der Waals surface area contributed by atoms with E-state index in [1.807, 2.05) is 12.1 Å². The molecule has 0 aliphatic rings. The molecular formula is C16H28N2O. The number of hydrogen-bond donors (Lipinski definition) is 2. The first kappa shape index (κ1) is 15.8. The predicted octanol–water partition coefficient (Wildman–Crippen LogP) is 3.52. The van der Waals surface area contributed by atoms with Crippen LogP contribution < -0.4 is 15.4 Å². The van der Waals surface area contributed by atoms with Crippen molar-refractivity contribution >= 4 is 5.69 Å². The van der Waals surface area contributed by atoms with Gasteiger partial charge in [0, 0.05) is 18.8 Å². The fraction of sp³-hybridized carbons (Fsp3) is 0.625. The van der Waals surface area contributed by atoms with E-state index in [1.165, 1.54) is 12.8 Å². The van der Waals surface area contributed by atoms with E-state index in [4.69, 9.17) is 4.74 Å². The maximum Gasteiger partial charge on any atom is 0.119 e. The van der Waals surface area contributed by atoms with Crippen LogP contribution in [0, 0.1) is 5.92 Å². The Morgan fingerprint density at radius 2 is 1.79 bits per heavy atom. The number of unbranched alkanes of at least 4 members (excludes halogenated alkanes) is 1. The Labute approximate surface area is 117 Å². The molecule has 0 aliphatic carbocycles. The van der Waals surface area contributed by atoms with Gasteiger partial charge in [0.05, 0.1) is 6.61 Å². The number of ether oxygens (including phenoxy) is 1. The number of rotatable bonds is 10. The molecule has 0 radical (unpaired) electrons. The zero-order valence-electron chi connectivity index (χ0n) is 12.5. The molecule has 3 nitrogen and oxygen atoms in total. The second-order valence-corrected chi connectivity index (χ2v) is 5.26. The minimum absolute atomic E-state index is 0.562. The van der Waals surface area contributed by atoms with Crippen LogP contribution in [0.4, 0.5) is 5.69 Å². The molecule has 0 spiro atoms. The molecule has 0 saturated heterocycles. The molecule has 0 atom stereocenters. The number of anilines is 1. The minimum atomic E-state index is 0.562. The van der Waals surface area contributed by atoms with Crippen molar-refractivity contribution in [2.75, 3.05) is 31.6 Å². The standard InChI is InChI=1S/C16H28N2O/c1-4-5-10-17-11-12-18-15-6-8-16(9-7-15)19-13-14(2)3/h6-9,14,17-18H,4-5,10-13H2,1-3H3. The van der Waals surface area contributed by atoms with Crippen LogP contribution in [0.2, 0.25) is 0 Å². The Hall–Kier alpha value is -1.22. The molecule has 1 aromatic carbocycles. The largest absolute Gasteiger partial charge is 0.493 e. The van der Waals surface area contributed by atoms with Gasteiger partial charge in [-0.2, -0.15) is 0 Å². The highest BCUT2D eigenvalue weighted by Crippen LogP contribution is 2.16. The maximum atomic E-state index is 5.65. The van der Waals surface area contributed by atoms with Gasteiger partial charge in [-0.3, -0.25) is 0 Å². The van der Waals surface area contributed by atoms with Crippen molar-refractivity contribution in [2.24, 2.45) is 5.92 Å². The molecule has 1 rings (SSSR count). The predicted molar refractivity (Wildman–Crippen MR) is 83.0 cm³/mol. The molecule has 0 saturated carbocycles. The molecule has 19 heavy (non-hydrogen) atoms. The molecule has 1 aromatic rings. The van der Waals surface area contributed by atoms with E-state index in [2.05, 4.69) is 43.5 Å². The van der Waals surface area contributed by atoms with Crippen LogP contribution >= 0.6 is 0 Å². The molecule has 108 valence electrons. The molecule has 3 heteroatoms. The molecule has 2 N–H and O–H groups in total. The quantitative estimate of drug-likeness (QED) is 0.634. The van der Waals surface area contributed by atoms with Crippen LogP contribution in [0.1, 0.15) is 33.6 Å². The Balaban J connectivity index is 2.17. The summed E-state index contributed by atoms with van der Waals surface area (Å²) in [5.41, 5.74) is 1.15.